The maximum absolute atomic E-state index is 13.0. The third-order valence-corrected chi connectivity index (χ3v) is 7.72. The van der Waals surface area contributed by atoms with E-state index in [0.29, 0.717) is 4.90 Å². The molecule has 40 heavy (non-hydrogen) atoms. The number of aliphatic carboxylic acids is 2. The summed E-state index contributed by atoms with van der Waals surface area (Å²) in [6.45, 7) is -2.49. The third-order valence-electron chi connectivity index (χ3n) is 5.74. The van der Waals surface area contributed by atoms with E-state index in [9.17, 15) is 42.3 Å². The molecule has 2 saturated heterocycles. The predicted molar refractivity (Wildman–Crippen MR) is 132 cm³/mol. The summed E-state index contributed by atoms with van der Waals surface area (Å²) >= 11 is 2.02. The molecule has 4 heterocycles. The lowest BCUT2D eigenvalue weighted by molar-refractivity contribution is -0.156. The summed E-state index contributed by atoms with van der Waals surface area (Å²) < 4.78 is 38.2. The van der Waals surface area contributed by atoms with E-state index in [4.69, 9.17) is 10.8 Å². The van der Waals surface area contributed by atoms with Gasteiger partial charge >= 0.3 is 18.1 Å². The number of carboxylic acids is 2. The van der Waals surface area contributed by atoms with E-state index in [1.54, 1.807) is 0 Å². The van der Waals surface area contributed by atoms with Gasteiger partial charge in [0.2, 0.25) is 12.5 Å². The van der Waals surface area contributed by atoms with Crippen molar-refractivity contribution in [2.24, 2.45) is 5.16 Å². The van der Waals surface area contributed by atoms with Gasteiger partial charge in [0.15, 0.2) is 10.8 Å². The molecule has 3 amide bonds. The molecule has 0 aromatic carbocycles. The Kier molecular flexibility index (Phi) is 8.05. The molecular formula is C21H19F3N6O8S2. The fourth-order valence-corrected chi connectivity index (χ4v) is 5.95. The van der Waals surface area contributed by atoms with E-state index in [0.717, 1.165) is 28.0 Å². The molecule has 0 saturated carbocycles. The van der Waals surface area contributed by atoms with Gasteiger partial charge in [-0.15, -0.1) is 23.1 Å². The first-order chi connectivity index (χ1) is 18.8. The van der Waals surface area contributed by atoms with Gasteiger partial charge in [0.05, 0.1) is 0 Å². The lowest BCUT2D eigenvalue weighted by Crippen LogP contribution is -2.71. The molecule has 2 unspecified atom stereocenters. The molecule has 1 aromatic heterocycles. The van der Waals surface area contributed by atoms with Crippen molar-refractivity contribution in [2.75, 3.05) is 31.2 Å². The molecular weight excluding hydrogens is 585 g/mol. The number of allylic oxidation sites excluding steroid dienone is 1. The van der Waals surface area contributed by atoms with Crippen LogP contribution in [0.2, 0.25) is 0 Å². The van der Waals surface area contributed by atoms with Gasteiger partial charge in [-0.05, 0) is 18.1 Å². The van der Waals surface area contributed by atoms with Gasteiger partial charge in [0.1, 0.15) is 29.4 Å². The number of likely N-dealkylation sites (tertiary alicyclic amines) is 1. The van der Waals surface area contributed by atoms with Crippen molar-refractivity contribution in [1.29, 1.82) is 0 Å². The minimum Gasteiger partial charge on any atom is -0.479 e. The van der Waals surface area contributed by atoms with E-state index in [-0.39, 0.29) is 40.7 Å². The molecule has 0 bridgehead atoms. The summed E-state index contributed by atoms with van der Waals surface area (Å²) in [5.74, 6) is -5.54. The number of amides is 3. The van der Waals surface area contributed by atoms with Crippen LogP contribution in [0.25, 0.3) is 0 Å². The second kappa shape index (κ2) is 11.2. The van der Waals surface area contributed by atoms with Gasteiger partial charge in [-0.3, -0.25) is 19.3 Å². The zero-order valence-corrected chi connectivity index (χ0v) is 21.6. The lowest BCUT2D eigenvalue weighted by Gasteiger charge is -2.49. The minimum atomic E-state index is -4.59. The van der Waals surface area contributed by atoms with Crippen LogP contribution < -0.4 is 11.1 Å². The van der Waals surface area contributed by atoms with E-state index in [1.807, 2.05) is 0 Å². The number of carbonyl (C=O) groups is 5. The lowest BCUT2D eigenvalue weighted by atomic mass is 10.0. The largest absolute Gasteiger partial charge is 0.479 e. The van der Waals surface area contributed by atoms with Crippen molar-refractivity contribution < 1.29 is 52.2 Å². The standard InChI is InChI=1S/C21H19F3N6O8S2/c22-21(23,24)7-29-2-1-8(16(29)34)3-9-5-39-18-13(17(35)30(18)14(9)19(36)37)27-15(33)12(28-38-4-11(31)32)10-6-40-20(25)26-10/h3,6,13,18H,1-2,4-5,7H2,(H2,25,26)(H,27,33)(H,31,32)(H,36,37). The van der Waals surface area contributed by atoms with Crippen LogP contribution >= 0.6 is 23.1 Å². The van der Waals surface area contributed by atoms with Crippen LogP contribution in [-0.4, -0.2) is 103 Å². The number of rotatable bonds is 9. The van der Waals surface area contributed by atoms with Crippen LogP contribution in [0.4, 0.5) is 18.3 Å². The average Bonchev–Trinajstić information content (AvgIpc) is 3.44. The van der Waals surface area contributed by atoms with Crippen molar-refractivity contribution >= 4 is 63.6 Å². The van der Waals surface area contributed by atoms with E-state index >= 15 is 0 Å². The van der Waals surface area contributed by atoms with Crippen molar-refractivity contribution in [2.45, 2.75) is 24.0 Å². The summed E-state index contributed by atoms with van der Waals surface area (Å²) in [4.78, 5) is 71.2. The molecule has 0 spiro atoms. The number of β-lactam (4-membered cyclic amide) rings is 1. The molecule has 5 N–H and O–H groups in total. The third kappa shape index (κ3) is 6.03. The first-order valence-electron chi connectivity index (χ1n) is 11.2. The van der Waals surface area contributed by atoms with Crippen LogP contribution in [-0.2, 0) is 28.8 Å². The van der Waals surface area contributed by atoms with Crippen molar-refractivity contribution in [3.05, 3.63) is 34.0 Å². The van der Waals surface area contributed by atoms with E-state index < -0.39 is 71.8 Å². The molecule has 2 atom stereocenters. The zero-order chi connectivity index (χ0) is 29.4. The number of nitrogens with zero attached hydrogens (tertiary/aromatic N) is 4. The van der Waals surface area contributed by atoms with Gasteiger partial charge in [-0.2, -0.15) is 13.2 Å². The fraction of sp³-hybridized carbons (Fsp3) is 0.381. The Balaban J connectivity index is 1.52. The first-order valence-corrected chi connectivity index (χ1v) is 13.1. The summed E-state index contributed by atoms with van der Waals surface area (Å²) in [7, 11) is 0. The number of nitrogen functional groups attached to an aromatic ring is 1. The highest BCUT2D eigenvalue weighted by molar-refractivity contribution is 8.00. The predicted octanol–water partition coefficient (Wildman–Crippen LogP) is -0.00980. The fourth-order valence-electron chi connectivity index (χ4n) is 4.10. The average molecular weight is 605 g/mol. The Morgan fingerprint density at radius 2 is 2.02 bits per heavy atom. The topological polar surface area (TPSA) is 205 Å². The van der Waals surface area contributed by atoms with Crippen LogP contribution in [0.15, 0.2) is 33.5 Å². The number of fused-ring (bicyclic) bond motifs is 1. The smallest absolute Gasteiger partial charge is 0.406 e. The monoisotopic (exact) mass is 604 g/mol. The van der Waals surface area contributed by atoms with E-state index in [1.165, 1.54) is 11.5 Å². The molecule has 19 heteroatoms. The Bertz CT molecular complexity index is 1370. The molecule has 0 radical (unpaired) electrons. The SMILES string of the molecule is Nc1nc(C(=NOCC(=O)O)C(=O)NC2C(=O)N3C(C(=O)O)=C(C=C4CCN(CC(F)(F)F)C4=O)CSC23)cs1. The zero-order valence-electron chi connectivity index (χ0n) is 20.0. The number of oxime groups is 1. The molecule has 214 valence electrons. The summed E-state index contributed by atoms with van der Waals surface area (Å²) in [6.07, 6.45) is -3.42. The van der Waals surface area contributed by atoms with Gasteiger partial charge in [-0.1, -0.05) is 5.16 Å². The van der Waals surface area contributed by atoms with Gasteiger partial charge in [0, 0.05) is 23.3 Å². The Hall–Kier alpha value is -4.13. The second-order valence-electron chi connectivity index (χ2n) is 8.48. The molecule has 0 aliphatic carbocycles. The van der Waals surface area contributed by atoms with Crippen molar-refractivity contribution in [3.63, 3.8) is 0 Å². The number of thioether (sulfide) groups is 1. The minimum absolute atomic E-state index is 0.0142. The molecule has 4 rings (SSSR count). The van der Waals surface area contributed by atoms with Crippen LogP contribution in [0.1, 0.15) is 12.1 Å². The highest BCUT2D eigenvalue weighted by Crippen LogP contribution is 2.41. The number of carbonyl (C=O) groups excluding carboxylic acids is 3. The summed E-state index contributed by atoms with van der Waals surface area (Å²) in [5.41, 5.74) is 4.65. The second-order valence-corrected chi connectivity index (χ2v) is 10.5. The maximum Gasteiger partial charge on any atom is 0.406 e. The van der Waals surface area contributed by atoms with Gasteiger partial charge in [-0.25, -0.2) is 14.6 Å². The first kappa shape index (κ1) is 28.9. The number of nitrogens with one attached hydrogen (secondary N) is 1. The molecule has 2 fully saturated rings. The maximum atomic E-state index is 13.0. The number of nitrogens with two attached hydrogens (primary N) is 1. The Morgan fingerprint density at radius 1 is 1.30 bits per heavy atom. The molecule has 14 nitrogen and oxygen atoms in total. The summed E-state index contributed by atoms with van der Waals surface area (Å²) in [5, 5.41) is 25.0. The van der Waals surface area contributed by atoms with E-state index in [2.05, 4.69) is 20.3 Å². The highest BCUT2D eigenvalue weighted by atomic mass is 32.2. The highest BCUT2D eigenvalue weighted by Gasteiger charge is 2.54. The Morgan fingerprint density at radius 3 is 2.62 bits per heavy atom. The quantitative estimate of drug-likeness (QED) is 0.128. The van der Waals surface area contributed by atoms with Crippen molar-refractivity contribution in [3.8, 4) is 0 Å². The Labute approximate surface area is 230 Å². The number of alkyl halides is 3. The van der Waals surface area contributed by atoms with Crippen LogP contribution in [0.3, 0.4) is 0 Å². The molecule has 1 aromatic rings. The number of anilines is 1. The number of hydrogen-bond donors (Lipinski definition) is 4. The van der Waals surface area contributed by atoms with Crippen molar-refractivity contribution in [1.82, 2.24) is 20.1 Å². The molecule has 3 aliphatic rings. The van der Waals surface area contributed by atoms with Crippen LogP contribution in [0, 0.1) is 0 Å². The normalized spacial score (nSPS) is 22.4. The van der Waals surface area contributed by atoms with Gasteiger partial charge < -0.3 is 31.0 Å². The number of hydrogen-bond acceptors (Lipinski definition) is 11. The number of halogens is 3. The van der Waals surface area contributed by atoms with Gasteiger partial charge in [0.25, 0.3) is 11.8 Å². The number of carboxylic acid groups (broad SMARTS) is 2. The summed E-state index contributed by atoms with van der Waals surface area (Å²) in [6, 6.07) is -1.21. The number of thiazole rings is 1. The number of aromatic nitrogens is 1. The van der Waals surface area contributed by atoms with Crippen LogP contribution in [0.5, 0.6) is 0 Å². The molecule has 3 aliphatic heterocycles.